The van der Waals surface area contributed by atoms with Crippen LogP contribution in [0.3, 0.4) is 0 Å². The van der Waals surface area contributed by atoms with Crippen LogP contribution < -0.4 is 10.1 Å². The number of carbonyl (C=O) groups excluding carboxylic acids is 1. The topological polar surface area (TPSA) is 111 Å². The molecule has 1 aromatic heterocycles. The smallest absolute Gasteiger partial charge is 0.414 e. The van der Waals surface area contributed by atoms with Crippen molar-refractivity contribution in [3.63, 3.8) is 0 Å². The number of ether oxygens (including phenoxy) is 1. The second-order valence-electron chi connectivity index (χ2n) is 10.2. The average molecular weight is 509 g/mol. The van der Waals surface area contributed by atoms with Gasteiger partial charge < -0.3 is 29.7 Å². The van der Waals surface area contributed by atoms with E-state index in [-0.39, 0.29) is 35.1 Å². The SMILES string of the molecule is CC(C)NC(=O)Oc1noc(-c2cc(C(C)C)c(O)cc2O)c1-c1ccc(CN2CCN(C)CC2)cc1. The number of hydrogen-bond acceptors (Lipinski definition) is 8. The van der Waals surface area contributed by atoms with Crippen LogP contribution in [-0.4, -0.2) is 70.5 Å². The van der Waals surface area contributed by atoms with E-state index >= 15 is 0 Å². The molecule has 2 aromatic carbocycles. The summed E-state index contributed by atoms with van der Waals surface area (Å²) >= 11 is 0. The summed E-state index contributed by atoms with van der Waals surface area (Å²) in [6, 6.07) is 10.8. The van der Waals surface area contributed by atoms with Gasteiger partial charge in [0, 0.05) is 44.8 Å². The minimum absolute atomic E-state index is 0.00135. The fraction of sp³-hybridized carbons (Fsp3) is 0.429. The van der Waals surface area contributed by atoms with Gasteiger partial charge in [-0.2, -0.15) is 0 Å². The maximum atomic E-state index is 12.4. The molecule has 1 aliphatic heterocycles. The van der Waals surface area contributed by atoms with Gasteiger partial charge in [-0.15, -0.1) is 0 Å². The molecule has 0 saturated carbocycles. The Bertz CT molecular complexity index is 1230. The summed E-state index contributed by atoms with van der Waals surface area (Å²) in [7, 11) is 2.14. The molecule has 9 heteroatoms. The lowest BCUT2D eigenvalue weighted by molar-refractivity contribution is 0.148. The lowest BCUT2D eigenvalue weighted by atomic mass is 9.95. The van der Waals surface area contributed by atoms with Gasteiger partial charge in [0.2, 0.25) is 0 Å². The van der Waals surface area contributed by atoms with E-state index < -0.39 is 6.09 Å². The molecule has 1 aliphatic rings. The van der Waals surface area contributed by atoms with Gasteiger partial charge >= 0.3 is 6.09 Å². The monoisotopic (exact) mass is 508 g/mol. The van der Waals surface area contributed by atoms with Gasteiger partial charge in [-0.1, -0.05) is 38.1 Å². The molecule has 0 radical (unpaired) electrons. The molecular weight excluding hydrogens is 472 g/mol. The van der Waals surface area contributed by atoms with Crippen molar-refractivity contribution in [2.75, 3.05) is 33.2 Å². The van der Waals surface area contributed by atoms with Crippen LogP contribution in [0.5, 0.6) is 17.4 Å². The molecule has 1 amide bonds. The van der Waals surface area contributed by atoms with Crippen molar-refractivity contribution in [2.45, 2.75) is 46.2 Å². The normalized spacial score (nSPS) is 14.9. The first-order chi connectivity index (χ1) is 17.6. The van der Waals surface area contributed by atoms with Gasteiger partial charge in [0.05, 0.1) is 11.1 Å². The number of rotatable bonds is 7. The van der Waals surface area contributed by atoms with Crippen LogP contribution in [0.2, 0.25) is 0 Å². The molecule has 1 saturated heterocycles. The van der Waals surface area contributed by atoms with Gasteiger partial charge in [0.1, 0.15) is 11.5 Å². The van der Waals surface area contributed by atoms with Gasteiger partial charge in [0.15, 0.2) is 5.76 Å². The van der Waals surface area contributed by atoms with E-state index in [1.54, 1.807) is 6.07 Å². The highest BCUT2D eigenvalue weighted by Gasteiger charge is 2.26. The second kappa shape index (κ2) is 11.2. The largest absolute Gasteiger partial charge is 0.508 e. The summed E-state index contributed by atoms with van der Waals surface area (Å²) in [4.78, 5) is 17.1. The summed E-state index contributed by atoms with van der Waals surface area (Å²) in [6.07, 6.45) is -0.652. The van der Waals surface area contributed by atoms with E-state index in [9.17, 15) is 15.0 Å². The summed E-state index contributed by atoms with van der Waals surface area (Å²) < 4.78 is 11.2. The van der Waals surface area contributed by atoms with E-state index in [0.717, 1.165) is 38.3 Å². The lowest BCUT2D eigenvalue weighted by Crippen LogP contribution is -2.43. The van der Waals surface area contributed by atoms with Crippen LogP contribution in [0.4, 0.5) is 4.79 Å². The van der Waals surface area contributed by atoms with Crippen molar-refractivity contribution in [2.24, 2.45) is 0 Å². The fourth-order valence-electron chi connectivity index (χ4n) is 4.42. The highest BCUT2D eigenvalue weighted by atomic mass is 16.6. The quantitative estimate of drug-likeness (QED) is 0.418. The third kappa shape index (κ3) is 6.23. The van der Waals surface area contributed by atoms with Gasteiger partial charge in [-0.25, -0.2) is 4.79 Å². The Balaban J connectivity index is 1.71. The Kier molecular flexibility index (Phi) is 8.04. The number of carbonyl (C=O) groups is 1. The van der Waals surface area contributed by atoms with Crippen LogP contribution in [-0.2, 0) is 6.54 Å². The summed E-state index contributed by atoms with van der Waals surface area (Å²) in [6.45, 7) is 12.5. The third-order valence-electron chi connectivity index (χ3n) is 6.51. The van der Waals surface area contributed by atoms with Crippen molar-refractivity contribution in [1.29, 1.82) is 0 Å². The summed E-state index contributed by atoms with van der Waals surface area (Å²) in [5, 5.41) is 27.7. The summed E-state index contributed by atoms with van der Waals surface area (Å²) in [5.74, 6) is 0.0896. The van der Waals surface area contributed by atoms with Crippen molar-refractivity contribution >= 4 is 6.09 Å². The van der Waals surface area contributed by atoms with Crippen LogP contribution in [0, 0.1) is 0 Å². The molecule has 3 N–H and O–H groups in total. The first-order valence-corrected chi connectivity index (χ1v) is 12.7. The van der Waals surface area contributed by atoms with Crippen LogP contribution in [0.25, 0.3) is 22.5 Å². The van der Waals surface area contributed by atoms with Gasteiger partial charge in [0.25, 0.3) is 5.88 Å². The number of hydrogen-bond donors (Lipinski definition) is 3. The number of benzene rings is 2. The first kappa shape index (κ1) is 26.5. The number of likely N-dealkylation sites (N-methyl/N-ethyl adjacent to an activating group) is 1. The Morgan fingerprint density at radius 2 is 1.73 bits per heavy atom. The first-order valence-electron chi connectivity index (χ1n) is 12.7. The van der Waals surface area contributed by atoms with Crippen LogP contribution >= 0.6 is 0 Å². The standard InChI is InChI=1S/C28H36N4O5/c1-17(2)21-14-22(24(34)15-23(21)33)26-25(27(30-37-26)36-28(35)29-18(3)4)20-8-6-19(7-9-20)16-32-12-10-31(5)11-13-32/h6-9,14-15,17-18,33-34H,10-13,16H2,1-5H3,(H,29,35). The Hall–Kier alpha value is -3.56. The third-order valence-corrected chi connectivity index (χ3v) is 6.51. The number of nitrogens with zero attached hydrogens (tertiary/aromatic N) is 3. The molecule has 4 rings (SSSR count). The molecular formula is C28H36N4O5. The number of piperazine rings is 1. The minimum Gasteiger partial charge on any atom is -0.508 e. The minimum atomic E-state index is -0.652. The molecule has 9 nitrogen and oxygen atoms in total. The fourth-order valence-corrected chi connectivity index (χ4v) is 4.42. The molecule has 3 aromatic rings. The van der Waals surface area contributed by atoms with Crippen molar-refractivity contribution in [3.8, 4) is 39.8 Å². The second-order valence-corrected chi connectivity index (χ2v) is 10.2. The van der Waals surface area contributed by atoms with Crippen LogP contribution in [0.1, 0.15) is 44.7 Å². The molecule has 0 unspecified atom stereocenters. The van der Waals surface area contributed by atoms with Gasteiger partial charge in [-0.3, -0.25) is 4.90 Å². The number of aromatic nitrogens is 1. The van der Waals surface area contributed by atoms with E-state index in [2.05, 4.69) is 27.3 Å². The number of phenolic OH excluding ortho intramolecular Hbond substituents is 2. The van der Waals surface area contributed by atoms with Gasteiger partial charge in [-0.05, 0) is 54.7 Å². The predicted octanol–water partition coefficient (Wildman–Crippen LogP) is 4.79. The molecule has 0 aliphatic carbocycles. The Morgan fingerprint density at radius 3 is 2.35 bits per heavy atom. The molecule has 1 fully saturated rings. The molecule has 198 valence electrons. The van der Waals surface area contributed by atoms with Crippen molar-refractivity contribution in [1.82, 2.24) is 20.3 Å². The zero-order valence-electron chi connectivity index (χ0n) is 22.1. The maximum absolute atomic E-state index is 12.4. The highest BCUT2D eigenvalue weighted by Crippen LogP contribution is 2.45. The van der Waals surface area contributed by atoms with E-state index in [4.69, 9.17) is 9.26 Å². The maximum Gasteiger partial charge on any atom is 0.414 e. The van der Waals surface area contributed by atoms with Crippen molar-refractivity contribution in [3.05, 3.63) is 47.5 Å². The van der Waals surface area contributed by atoms with Crippen molar-refractivity contribution < 1.29 is 24.3 Å². The Morgan fingerprint density at radius 1 is 1.05 bits per heavy atom. The zero-order chi connectivity index (χ0) is 26.7. The average Bonchev–Trinajstić information content (AvgIpc) is 3.23. The van der Waals surface area contributed by atoms with E-state index in [0.29, 0.717) is 16.7 Å². The summed E-state index contributed by atoms with van der Waals surface area (Å²) in [5.41, 5.74) is 3.34. The number of amides is 1. The number of aromatic hydroxyl groups is 2. The molecule has 37 heavy (non-hydrogen) atoms. The van der Waals surface area contributed by atoms with Crippen LogP contribution in [0.15, 0.2) is 40.9 Å². The highest BCUT2D eigenvalue weighted by molar-refractivity contribution is 5.87. The molecule has 0 spiro atoms. The number of phenols is 2. The molecule has 0 bridgehead atoms. The number of nitrogens with one attached hydrogen (secondary N) is 1. The van der Waals surface area contributed by atoms with E-state index in [1.807, 2.05) is 52.0 Å². The lowest BCUT2D eigenvalue weighted by Gasteiger charge is -2.32. The molecule has 2 heterocycles. The van der Waals surface area contributed by atoms with E-state index in [1.165, 1.54) is 11.6 Å². The zero-order valence-corrected chi connectivity index (χ0v) is 22.1. The molecule has 0 atom stereocenters. The Labute approximate surface area is 217 Å². The predicted molar refractivity (Wildman–Crippen MR) is 142 cm³/mol.